The van der Waals surface area contributed by atoms with E-state index in [0.29, 0.717) is 25.8 Å². The van der Waals surface area contributed by atoms with Crippen LogP contribution in [0, 0.1) is 0 Å². The Labute approximate surface area is 229 Å². The summed E-state index contributed by atoms with van der Waals surface area (Å²) in [7, 11) is 3.20. The van der Waals surface area contributed by atoms with Gasteiger partial charge in [-0.05, 0) is 44.4 Å². The Morgan fingerprint density at radius 2 is 1.51 bits per heavy atom. The Bertz CT molecular complexity index is 1120. The highest BCUT2D eigenvalue weighted by Gasteiger charge is 2.45. The molecule has 5 amide bonds. The average molecular weight is 535 g/mol. The number of nitrogens with one attached hydrogen (secondary N) is 4. The highest BCUT2D eigenvalue weighted by Crippen LogP contribution is 2.31. The maximum absolute atomic E-state index is 14.0. The van der Waals surface area contributed by atoms with Gasteiger partial charge in [-0.1, -0.05) is 60.7 Å². The Morgan fingerprint density at radius 1 is 0.897 bits per heavy atom. The molecule has 0 saturated carbocycles. The Balaban J connectivity index is 1.60. The number of amides is 5. The molecule has 2 aliphatic heterocycles. The van der Waals surface area contributed by atoms with Gasteiger partial charge in [-0.2, -0.15) is 0 Å². The van der Waals surface area contributed by atoms with Crippen molar-refractivity contribution in [3.63, 3.8) is 0 Å². The van der Waals surface area contributed by atoms with Crippen molar-refractivity contribution in [1.29, 1.82) is 0 Å². The summed E-state index contributed by atoms with van der Waals surface area (Å²) in [5.41, 5.74) is 1.89. The Morgan fingerprint density at radius 3 is 2.08 bits per heavy atom. The van der Waals surface area contributed by atoms with Crippen molar-refractivity contribution in [2.24, 2.45) is 0 Å². The van der Waals surface area contributed by atoms with Crippen molar-refractivity contribution >= 4 is 23.8 Å². The molecule has 2 aromatic carbocycles. The van der Waals surface area contributed by atoms with Gasteiger partial charge in [-0.3, -0.25) is 14.4 Å². The zero-order chi connectivity index (χ0) is 27.9. The van der Waals surface area contributed by atoms with Crippen molar-refractivity contribution in [2.45, 2.75) is 56.4 Å². The van der Waals surface area contributed by atoms with Gasteiger partial charge in [0.05, 0.1) is 18.6 Å². The van der Waals surface area contributed by atoms with E-state index in [4.69, 9.17) is 0 Å². The highest BCUT2D eigenvalue weighted by molar-refractivity contribution is 5.94. The molecule has 4 N–H and O–H groups in total. The van der Waals surface area contributed by atoms with Crippen LogP contribution < -0.4 is 21.3 Å². The lowest BCUT2D eigenvalue weighted by atomic mass is 9.98. The molecule has 0 radical (unpaired) electrons. The molecule has 2 fully saturated rings. The second kappa shape index (κ2) is 12.8. The van der Waals surface area contributed by atoms with Crippen molar-refractivity contribution in [3.8, 4) is 0 Å². The molecule has 208 valence electrons. The zero-order valence-electron chi connectivity index (χ0n) is 22.7. The lowest BCUT2D eigenvalue weighted by molar-refractivity contribution is -0.145. The number of benzene rings is 2. The fraction of sp³-hybridized carbons (Fsp3) is 0.448. The van der Waals surface area contributed by atoms with E-state index >= 15 is 0 Å². The first kappa shape index (κ1) is 28.1. The molecular formula is C29H38N6O4. The fourth-order valence-electron chi connectivity index (χ4n) is 5.40. The first-order valence-corrected chi connectivity index (χ1v) is 13.5. The lowest BCUT2D eigenvalue weighted by Gasteiger charge is -2.39. The van der Waals surface area contributed by atoms with Crippen LogP contribution in [0.1, 0.15) is 43.4 Å². The van der Waals surface area contributed by atoms with Crippen molar-refractivity contribution in [1.82, 2.24) is 31.1 Å². The summed E-state index contributed by atoms with van der Waals surface area (Å²) >= 11 is 0. The molecule has 0 bridgehead atoms. The topological polar surface area (TPSA) is 123 Å². The van der Waals surface area contributed by atoms with E-state index in [1.807, 2.05) is 60.7 Å². The average Bonchev–Trinajstić information content (AvgIpc) is 3.39. The van der Waals surface area contributed by atoms with E-state index in [9.17, 15) is 19.2 Å². The second-order valence-corrected chi connectivity index (χ2v) is 10.1. The number of hydrogen-bond donors (Lipinski definition) is 4. The standard InChI is InChI=1S/C29H38N6O4/c1-19(30-2)26(36)32-23-18-34(29(39)31-3)17-16-22-14-15-24(35(22)28(23)38)27(37)33-25(20-10-6-4-7-11-20)21-12-8-5-9-13-21/h4-13,19,22-25,30H,14-18H2,1-3H3,(H,31,39)(H,32,36)(H,33,37)/t19-,22+,23-,24?/m0/s1. The summed E-state index contributed by atoms with van der Waals surface area (Å²) in [6.45, 7) is 2.13. The van der Waals surface area contributed by atoms with Crippen LogP contribution in [0.4, 0.5) is 4.79 Å². The number of hydrogen-bond acceptors (Lipinski definition) is 5. The predicted octanol–water partition coefficient (Wildman–Crippen LogP) is 1.39. The number of carbonyl (C=O) groups is 4. The van der Waals surface area contributed by atoms with Gasteiger partial charge in [-0.25, -0.2) is 4.79 Å². The number of urea groups is 1. The molecule has 4 rings (SSSR count). The van der Waals surface area contributed by atoms with E-state index in [-0.39, 0.29) is 42.4 Å². The summed E-state index contributed by atoms with van der Waals surface area (Å²) in [4.78, 5) is 56.3. The number of rotatable bonds is 7. The van der Waals surface area contributed by atoms with Crippen molar-refractivity contribution in [3.05, 3.63) is 71.8 Å². The summed E-state index contributed by atoms with van der Waals surface area (Å²) in [5, 5.41) is 11.5. The molecule has 0 aliphatic carbocycles. The molecule has 10 nitrogen and oxygen atoms in total. The smallest absolute Gasteiger partial charge is 0.317 e. The van der Waals surface area contributed by atoms with Crippen molar-refractivity contribution < 1.29 is 19.2 Å². The van der Waals surface area contributed by atoms with E-state index in [1.165, 1.54) is 7.05 Å². The third kappa shape index (κ3) is 6.39. The molecule has 39 heavy (non-hydrogen) atoms. The van der Waals surface area contributed by atoms with Crippen LogP contribution in [0.5, 0.6) is 0 Å². The minimum absolute atomic E-state index is 0.0227. The Hall–Kier alpha value is -3.92. The molecule has 2 aromatic rings. The van der Waals surface area contributed by atoms with Gasteiger partial charge in [0, 0.05) is 19.6 Å². The monoisotopic (exact) mass is 534 g/mol. The van der Waals surface area contributed by atoms with Gasteiger partial charge in [0.25, 0.3) is 0 Å². The minimum Gasteiger partial charge on any atom is -0.343 e. The van der Waals surface area contributed by atoms with Gasteiger partial charge < -0.3 is 31.1 Å². The van der Waals surface area contributed by atoms with Crippen LogP contribution in [0.2, 0.25) is 0 Å². The first-order chi connectivity index (χ1) is 18.8. The Kier molecular flexibility index (Phi) is 9.19. The van der Waals surface area contributed by atoms with Gasteiger partial charge >= 0.3 is 6.03 Å². The van der Waals surface area contributed by atoms with E-state index < -0.39 is 18.1 Å². The summed E-state index contributed by atoms with van der Waals surface area (Å²) in [5.74, 6) is -0.932. The van der Waals surface area contributed by atoms with Crippen LogP contribution in [0.3, 0.4) is 0 Å². The van der Waals surface area contributed by atoms with E-state index in [1.54, 1.807) is 23.8 Å². The fourth-order valence-corrected chi connectivity index (χ4v) is 5.40. The minimum atomic E-state index is -0.971. The maximum Gasteiger partial charge on any atom is 0.317 e. The summed E-state index contributed by atoms with van der Waals surface area (Å²) in [6.07, 6.45) is 1.70. The number of carbonyl (C=O) groups excluding carboxylic acids is 4. The summed E-state index contributed by atoms with van der Waals surface area (Å²) in [6, 6.07) is 16.4. The van der Waals surface area contributed by atoms with E-state index in [2.05, 4.69) is 21.3 Å². The number of likely N-dealkylation sites (N-methyl/N-ethyl adjacent to an activating group) is 1. The molecule has 2 heterocycles. The van der Waals surface area contributed by atoms with Gasteiger partial charge in [-0.15, -0.1) is 0 Å². The zero-order valence-corrected chi connectivity index (χ0v) is 22.7. The molecule has 1 unspecified atom stereocenters. The molecule has 0 spiro atoms. The van der Waals surface area contributed by atoms with Gasteiger partial charge in [0.2, 0.25) is 17.7 Å². The van der Waals surface area contributed by atoms with Gasteiger partial charge in [0.15, 0.2) is 0 Å². The van der Waals surface area contributed by atoms with Crippen LogP contribution >= 0.6 is 0 Å². The van der Waals surface area contributed by atoms with Crippen LogP contribution in [0.15, 0.2) is 60.7 Å². The van der Waals surface area contributed by atoms with Crippen LogP contribution in [-0.4, -0.2) is 84.9 Å². The molecule has 2 saturated heterocycles. The normalized spacial score (nSPS) is 21.9. The first-order valence-electron chi connectivity index (χ1n) is 13.5. The van der Waals surface area contributed by atoms with Crippen LogP contribution in [-0.2, 0) is 14.4 Å². The molecule has 10 heteroatoms. The maximum atomic E-state index is 14.0. The summed E-state index contributed by atoms with van der Waals surface area (Å²) < 4.78 is 0. The molecule has 0 aromatic heterocycles. The second-order valence-electron chi connectivity index (χ2n) is 10.1. The third-order valence-corrected chi connectivity index (χ3v) is 7.69. The van der Waals surface area contributed by atoms with Crippen molar-refractivity contribution in [2.75, 3.05) is 27.2 Å². The lowest BCUT2D eigenvalue weighted by Crippen LogP contribution is -2.62. The SMILES string of the molecule is CNC(=O)N1CC[C@H]2CCC(C(=O)NC(c3ccccc3)c3ccccc3)N2C(=O)[C@@H](NC(=O)[C@H](C)NC)C1. The van der Waals surface area contributed by atoms with Gasteiger partial charge in [0.1, 0.15) is 12.1 Å². The quantitative estimate of drug-likeness (QED) is 0.428. The molecule has 2 aliphatic rings. The number of nitrogens with zero attached hydrogens (tertiary/aromatic N) is 2. The predicted molar refractivity (Wildman–Crippen MR) is 148 cm³/mol. The molecular weight excluding hydrogens is 496 g/mol. The largest absolute Gasteiger partial charge is 0.343 e. The highest BCUT2D eigenvalue weighted by atomic mass is 16.2. The number of fused-ring (bicyclic) bond motifs is 1. The van der Waals surface area contributed by atoms with E-state index in [0.717, 1.165) is 11.1 Å². The van der Waals surface area contributed by atoms with Crippen LogP contribution in [0.25, 0.3) is 0 Å². The third-order valence-electron chi connectivity index (χ3n) is 7.69. The molecule has 4 atom stereocenters.